The Hall–Kier alpha value is -1.95. The zero-order valence-corrected chi connectivity index (χ0v) is 10.7. The molecule has 94 valence electrons. The Morgan fingerprint density at radius 3 is 2.67 bits per heavy atom. The van der Waals surface area contributed by atoms with Gasteiger partial charge in [0.15, 0.2) is 0 Å². The fourth-order valence-electron chi connectivity index (χ4n) is 2.39. The van der Waals surface area contributed by atoms with Gasteiger partial charge in [0, 0.05) is 5.56 Å². The standard InChI is InChI=1S/C15H17NO2/c1-3-7-14(17)16-15(10-6-11-15)12-8-4-5-9-13(12)18-2/h4-5,8-9H,6,10-11H2,1-2H3,(H,16,17). The van der Waals surface area contributed by atoms with Crippen LogP contribution in [-0.2, 0) is 10.3 Å². The lowest BCUT2D eigenvalue weighted by Gasteiger charge is -2.43. The molecule has 1 aromatic carbocycles. The van der Waals surface area contributed by atoms with Crippen LogP contribution in [0, 0.1) is 11.8 Å². The Labute approximate surface area is 108 Å². The highest BCUT2D eigenvalue weighted by Crippen LogP contribution is 2.44. The molecule has 1 fully saturated rings. The average molecular weight is 243 g/mol. The predicted molar refractivity (Wildman–Crippen MR) is 70.1 cm³/mol. The van der Waals surface area contributed by atoms with E-state index in [-0.39, 0.29) is 11.4 Å². The van der Waals surface area contributed by atoms with Crippen LogP contribution in [0.2, 0.25) is 0 Å². The minimum absolute atomic E-state index is 0.219. The minimum Gasteiger partial charge on any atom is -0.496 e. The van der Waals surface area contributed by atoms with Gasteiger partial charge in [-0.1, -0.05) is 24.1 Å². The van der Waals surface area contributed by atoms with Crippen molar-refractivity contribution >= 4 is 5.91 Å². The van der Waals surface area contributed by atoms with E-state index in [9.17, 15) is 4.79 Å². The fraction of sp³-hybridized carbons (Fsp3) is 0.400. The van der Waals surface area contributed by atoms with E-state index in [2.05, 4.69) is 17.2 Å². The molecule has 0 aromatic heterocycles. The van der Waals surface area contributed by atoms with E-state index in [1.165, 1.54) is 0 Å². The molecule has 0 aliphatic heterocycles. The monoisotopic (exact) mass is 243 g/mol. The first-order chi connectivity index (χ1) is 8.72. The third kappa shape index (κ3) is 2.19. The number of carbonyl (C=O) groups is 1. The lowest BCUT2D eigenvalue weighted by atomic mass is 9.71. The molecule has 1 N–H and O–H groups in total. The number of amides is 1. The van der Waals surface area contributed by atoms with Gasteiger partial charge >= 0.3 is 0 Å². The third-order valence-corrected chi connectivity index (χ3v) is 3.42. The quantitative estimate of drug-likeness (QED) is 0.827. The molecule has 1 aromatic rings. The Morgan fingerprint density at radius 2 is 2.11 bits per heavy atom. The summed E-state index contributed by atoms with van der Waals surface area (Å²) < 4.78 is 5.38. The average Bonchev–Trinajstić information content (AvgIpc) is 2.34. The molecule has 1 aliphatic carbocycles. The van der Waals surface area contributed by atoms with Gasteiger partial charge in [-0.3, -0.25) is 4.79 Å². The summed E-state index contributed by atoms with van der Waals surface area (Å²) in [6, 6.07) is 7.84. The maximum absolute atomic E-state index is 11.7. The minimum atomic E-state index is -0.298. The van der Waals surface area contributed by atoms with Crippen LogP contribution in [0.15, 0.2) is 24.3 Å². The number of carbonyl (C=O) groups excluding carboxylic acids is 1. The molecule has 0 bridgehead atoms. The van der Waals surface area contributed by atoms with Gasteiger partial charge in [0.05, 0.1) is 12.6 Å². The van der Waals surface area contributed by atoms with E-state index in [0.717, 1.165) is 30.6 Å². The summed E-state index contributed by atoms with van der Waals surface area (Å²) >= 11 is 0. The van der Waals surface area contributed by atoms with Crippen molar-refractivity contribution in [1.82, 2.24) is 5.32 Å². The zero-order valence-electron chi connectivity index (χ0n) is 10.7. The van der Waals surface area contributed by atoms with Gasteiger partial charge < -0.3 is 10.1 Å². The van der Waals surface area contributed by atoms with Gasteiger partial charge in [0.1, 0.15) is 5.75 Å². The molecule has 2 rings (SSSR count). The van der Waals surface area contributed by atoms with E-state index < -0.39 is 0 Å². The topological polar surface area (TPSA) is 38.3 Å². The maximum atomic E-state index is 11.7. The number of nitrogens with one attached hydrogen (secondary N) is 1. The van der Waals surface area contributed by atoms with Gasteiger partial charge in [-0.15, -0.1) is 0 Å². The smallest absolute Gasteiger partial charge is 0.296 e. The molecule has 0 atom stereocenters. The summed E-state index contributed by atoms with van der Waals surface area (Å²) in [6.07, 6.45) is 2.98. The predicted octanol–water partition coefficient (Wildman–Crippen LogP) is 2.21. The van der Waals surface area contributed by atoms with Crippen molar-refractivity contribution in [2.24, 2.45) is 0 Å². The molecule has 3 heteroatoms. The molecule has 0 unspecified atom stereocenters. The van der Waals surface area contributed by atoms with Crippen molar-refractivity contribution in [3.8, 4) is 17.6 Å². The second kappa shape index (κ2) is 5.14. The highest BCUT2D eigenvalue weighted by atomic mass is 16.5. The summed E-state index contributed by atoms with van der Waals surface area (Å²) in [6.45, 7) is 1.66. The summed E-state index contributed by atoms with van der Waals surface area (Å²) in [4.78, 5) is 11.7. The van der Waals surface area contributed by atoms with Crippen molar-refractivity contribution in [2.45, 2.75) is 31.7 Å². The molecule has 18 heavy (non-hydrogen) atoms. The largest absolute Gasteiger partial charge is 0.496 e. The van der Waals surface area contributed by atoms with Crippen molar-refractivity contribution in [1.29, 1.82) is 0 Å². The Kier molecular flexibility index (Phi) is 3.57. The number of para-hydroxylation sites is 1. The molecule has 1 aliphatic rings. The van der Waals surface area contributed by atoms with Gasteiger partial charge in [0.2, 0.25) is 0 Å². The van der Waals surface area contributed by atoms with Crippen LogP contribution in [0.25, 0.3) is 0 Å². The van der Waals surface area contributed by atoms with Crippen LogP contribution in [0.1, 0.15) is 31.7 Å². The molecule has 1 amide bonds. The van der Waals surface area contributed by atoms with E-state index in [1.54, 1.807) is 14.0 Å². The number of benzene rings is 1. The van der Waals surface area contributed by atoms with Crippen molar-refractivity contribution in [2.75, 3.05) is 7.11 Å². The first-order valence-electron chi connectivity index (χ1n) is 6.10. The SMILES string of the molecule is CC#CC(=O)NC1(c2ccccc2OC)CCC1. The van der Waals surface area contributed by atoms with Crippen molar-refractivity contribution in [3.63, 3.8) is 0 Å². The van der Waals surface area contributed by atoms with E-state index in [1.807, 2.05) is 24.3 Å². The van der Waals surface area contributed by atoms with Crippen LogP contribution >= 0.6 is 0 Å². The molecular weight excluding hydrogens is 226 g/mol. The number of ether oxygens (including phenoxy) is 1. The molecular formula is C15H17NO2. The van der Waals surface area contributed by atoms with Gasteiger partial charge in [-0.05, 0) is 38.2 Å². The van der Waals surface area contributed by atoms with Crippen LogP contribution < -0.4 is 10.1 Å². The number of hydrogen-bond acceptors (Lipinski definition) is 2. The summed E-state index contributed by atoms with van der Waals surface area (Å²) in [5.41, 5.74) is 0.748. The lowest BCUT2D eigenvalue weighted by Crippen LogP contribution is -2.50. The summed E-state index contributed by atoms with van der Waals surface area (Å²) in [7, 11) is 1.65. The number of hydrogen-bond donors (Lipinski definition) is 1. The number of rotatable bonds is 3. The van der Waals surface area contributed by atoms with Crippen molar-refractivity contribution in [3.05, 3.63) is 29.8 Å². The highest BCUT2D eigenvalue weighted by Gasteiger charge is 2.41. The molecule has 1 saturated carbocycles. The van der Waals surface area contributed by atoms with Crippen LogP contribution in [-0.4, -0.2) is 13.0 Å². The second-order valence-corrected chi connectivity index (χ2v) is 4.47. The van der Waals surface area contributed by atoms with Gasteiger partial charge in [-0.2, -0.15) is 0 Å². The fourth-order valence-corrected chi connectivity index (χ4v) is 2.39. The lowest BCUT2D eigenvalue weighted by molar-refractivity contribution is -0.118. The van der Waals surface area contributed by atoms with E-state index in [4.69, 9.17) is 4.74 Å². The molecule has 0 radical (unpaired) electrons. The molecule has 3 nitrogen and oxygen atoms in total. The van der Waals surface area contributed by atoms with E-state index >= 15 is 0 Å². The second-order valence-electron chi connectivity index (χ2n) is 4.47. The maximum Gasteiger partial charge on any atom is 0.296 e. The third-order valence-electron chi connectivity index (χ3n) is 3.42. The molecule has 0 saturated heterocycles. The van der Waals surface area contributed by atoms with Crippen LogP contribution in [0.4, 0.5) is 0 Å². The van der Waals surface area contributed by atoms with Gasteiger partial charge in [0.25, 0.3) is 5.91 Å². The Morgan fingerprint density at radius 1 is 1.39 bits per heavy atom. The number of methoxy groups -OCH3 is 1. The van der Waals surface area contributed by atoms with Crippen molar-refractivity contribution < 1.29 is 9.53 Å². The highest BCUT2D eigenvalue weighted by molar-refractivity contribution is 5.94. The summed E-state index contributed by atoms with van der Waals surface area (Å²) in [5, 5.41) is 3.03. The molecule has 0 spiro atoms. The Bertz CT molecular complexity index is 507. The Balaban J connectivity index is 2.31. The van der Waals surface area contributed by atoms with Gasteiger partial charge in [-0.25, -0.2) is 0 Å². The zero-order chi connectivity index (χ0) is 13.0. The van der Waals surface area contributed by atoms with Crippen LogP contribution in [0.5, 0.6) is 5.75 Å². The first kappa shape index (κ1) is 12.5. The first-order valence-corrected chi connectivity index (χ1v) is 6.10. The molecule has 0 heterocycles. The van der Waals surface area contributed by atoms with Crippen LogP contribution in [0.3, 0.4) is 0 Å². The summed E-state index contributed by atoms with van der Waals surface area (Å²) in [5.74, 6) is 5.76. The normalized spacial score (nSPS) is 15.9. The van der Waals surface area contributed by atoms with E-state index in [0.29, 0.717) is 0 Å².